The predicted octanol–water partition coefficient (Wildman–Crippen LogP) is 6.41. The van der Waals surface area contributed by atoms with Crippen LogP contribution in [0, 0.1) is 5.41 Å². The van der Waals surface area contributed by atoms with Crippen LogP contribution in [-0.4, -0.2) is 25.9 Å². The summed E-state index contributed by atoms with van der Waals surface area (Å²) in [5.74, 6) is 0.416. The van der Waals surface area contributed by atoms with Gasteiger partial charge in [-0.05, 0) is 48.1 Å². The Morgan fingerprint density at radius 2 is 1.74 bits per heavy atom. The van der Waals surface area contributed by atoms with E-state index in [1.807, 2.05) is 26.0 Å². The molecule has 31 heavy (non-hydrogen) atoms. The molecule has 0 spiro atoms. The maximum Gasteiger partial charge on any atom is 0.146 e. The van der Waals surface area contributed by atoms with Crippen molar-refractivity contribution in [1.29, 1.82) is 0 Å². The number of benzene rings is 2. The second-order valence-electron chi connectivity index (χ2n) is 9.94. The van der Waals surface area contributed by atoms with E-state index in [-0.39, 0.29) is 22.4 Å². The van der Waals surface area contributed by atoms with Gasteiger partial charge in [0.2, 0.25) is 0 Å². The lowest BCUT2D eigenvalue weighted by Crippen LogP contribution is -2.24. The molecule has 1 N–H and O–H groups in total. The molecule has 5 nitrogen and oxygen atoms in total. The molecule has 1 aromatic heterocycles. The number of aromatic hydroxyl groups is 1. The first kappa shape index (κ1) is 23.3. The maximum absolute atomic E-state index is 12.8. The highest BCUT2D eigenvalue weighted by molar-refractivity contribution is 6.31. The number of hydrogen-bond donors (Lipinski definition) is 1. The molecule has 1 heterocycles. The van der Waals surface area contributed by atoms with Crippen molar-refractivity contribution < 1.29 is 9.90 Å². The summed E-state index contributed by atoms with van der Waals surface area (Å²) in [6.45, 7) is 12.3. The molecule has 0 amide bonds. The molecule has 0 saturated heterocycles. The average molecular weight is 442 g/mol. The van der Waals surface area contributed by atoms with E-state index in [9.17, 15) is 9.90 Å². The molecule has 0 saturated carbocycles. The summed E-state index contributed by atoms with van der Waals surface area (Å²) in [5, 5.41) is 20.7. The molecule has 0 aliphatic rings. The monoisotopic (exact) mass is 441 g/mol. The number of phenols is 1. The first-order valence-electron chi connectivity index (χ1n) is 10.8. The Bertz CT molecular complexity index is 1110. The van der Waals surface area contributed by atoms with Gasteiger partial charge in [-0.3, -0.25) is 4.79 Å². The molecule has 3 rings (SSSR count). The molecule has 0 unspecified atom stereocenters. The minimum Gasteiger partial charge on any atom is -0.505 e. The van der Waals surface area contributed by atoms with Gasteiger partial charge in [-0.15, -0.1) is 15.0 Å². The Morgan fingerprint density at radius 3 is 2.39 bits per heavy atom. The van der Waals surface area contributed by atoms with E-state index < -0.39 is 0 Å². The van der Waals surface area contributed by atoms with Gasteiger partial charge in [0.15, 0.2) is 0 Å². The van der Waals surface area contributed by atoms with Gasteiger partial charge in [0, 0.05) is 22.4 Å². The fourth-order valence-electron chi connectivity index (χ4n) is 3.90. The Hall–Kier alpha value is -2.40. The Morgan fingerprint density at radius 1 is 1.06 bits per heavy atom. The zero-order valence-electron chi connectivity index (χ0n) is 19.3. The van der Waals surface area contributed by atoms with Crippen LogP contribution in [0.4, 0.5) is 0 Å². The summed E-state index contributed by atoms with van der Waals surface area (Å²) >= 11 is 6.09. The summed E-state index contributed by atoms with van der Waals surface area (Å²) < 4.78 is 0. The second kappa shape index (κ2) is 8.62. The third-order valence-corrected chi connectivity index (χ3v) is 6.02. The van der Waals surface area contributed by atoms with Crippen molar-refractivity contribution in [3.63, 3.8) is 0 Å². The molecule has 0 fully saturated rings. The van der Waals surface area contributed by atoms with E-state index in [1.54, 1.807) is 18.2 Å². The smallest absolute Gasteiger partial charge is 0.146 e. The highest BCUT2D eigenvalue weighted by Crippen LogP contribution is 2.37. The van der Waals surface area contributed by atoms with E-state index in [0.29, 0.717) is 34.6 Å². The van der Waals surface area contributed by atoms with Gasteiger partial charge in [-0.25, -0.2) is 0 Å². The number of carbonyl (C=O) groups is 1. The van der Waals surface area contributed by atoms with Crippen molar-refractivity contribution in [2.45, 2.75) is 72.6 Å². The van der Waals surface area contributed by atoms with Crippen molar-refractivity contribution in [3.8, 4) is 11.4 Å². The molecule has 0 radical (unpaired) electrons. The normalized spacial score (nSPS) is 12.5. The maximum atomic E-state index is 12.8. The van der Waals surface area contributed by atoms with E-state index in [2.05, 4.69) is 37.9 Å². The van der Waals surface area contributed by atoms with Crippen LogP contribution in [0.3, 0.4) is 0 Å². The molecule has 0 bridgehead atoms. The van der Waals surface area contributed by atoms with Crippen LogP contribution in [0.1, 0.15) is 71.9 Å². The summed E-state index contributed by atoms with van der Waals surface area (Å²) in [6, 6.07) is 9.20. The van der Waals surface area contributed by atoms with Crippen LogP contribution in [0.15, 0.2) is 30.3 Å². The summed E-state index contributed by atoms with van der Waals surface area (Å²) in [7, 11) is 0. The molecule has 6 heteroatoms. The number of hydrogen-bond acceptors (Lipinski definition) is 4. The highest BCUT2D eigenvalue weighted by atomic mass is 35.5. The van der Waals surface area contributed by atoms with Crippen molar-refractivity contribution in [2.24, 2.45) is 5.41 Å². The van der Waals surface area contributed by atoms with Gasteiger partial charge in [-0.1, -0.05) is 65.6 Å². The third kappa shape index (κ3) is 5.09. The quantitative estimate of drug-likeness (QED) is 0.460. The van der Waals surface area contributed by atoms with Gasteiger partial charge in [0.25, 0.3) is 0 Å². The molecule has 3 aromatic rings. The minimum absolute atomic E-state index is 0.153. The standard InChI is InChI=1S/C25H32ClN3O2/c1-7-12-25(5,6)22(30)11-8-16-13-18(24(2,3)4)23(31)21(14-16)29-27-19-10-9-17(26)15-20(19)28-29/h9-10,13-15,31H,7-8,11-12H2,1-6H3. The average Bonchev–Trinajstić information content (AvgIpc) is 3.08. The number of phenolic OH excluding ortho intramolecular Hbond substituents is 1. The number of aromatic nitrogens is 3. The van der Waals surface area contributed by atoms with Crippen LogP contribution in [0.2, 0.25) is 5.02 Å². The number of rotatable bonds is 7. The molecular weight excluding hydrogens is 410 g/mol. The van der Waals surface area contributed by atoms with Gasteiger partial charge in [0.1, 0.15) is 28.3 Å². The fraction of sp³-hybridized carbons (Fsp3) is 0.480. The number of halogens is 1. The SMILES string of the molecule is CCCC(C)(C)C(=O)CCc1cc(-n2nc3ccc(Cl)cc3n2)c(O)c(C(C)(C)C)c1. The van der Waals surface area contributed by atoms with E-state index in [0.717, 1.165) is 24.0 Å². The van der Waals surface area contributed by atoms with E-state index >= 15 is 0 Å². The lowest BCUT2D eigenvalue weighted by Gasteiger charge is -2.24. The molecule has 2 aromatic carbocycles. The first-order valence-corrected chi connectivity index (χ1v) is 11.2. The molecule has 0 atom stereocenters. The Labute approximate surface area is 189 Å². The summed E-state index contributed by atoms with van der Waals surface area (Å²) in [5.41, 5.74) is 3.06. The molecule has 166 valence electrons. The van der Waals surface area contributed by atoms with Crippen LogP contribution in [0.5, 0.6) is 5.75 Å². The van der Waals surface area contributed by atoms with Crippen molar-refractivity contribution in [1.82, 2.24) is 15.0 Å². The van der Waals surface area contributed by atoms with Crippen molar-refractivity contribution >= 4 is 28.4 Å². The Balaban J connectivity index is 2.02. The number of carbonyl (C=O) groups excluding carboxylic acids is 1. The third-order valence-electron chi connectivity index (χ3n) is 5.79. The number of aryl methyl sites for hydroxylation is 1. The lowest BCUT2D eigenvalue weighted by molar-refractivity contribution is -0.127. The van der Waals surface area contributed by atoms with E-state index in [4.69, 9.17) is 11.6 Å². The van der Waals surface area contributed by atoms with Gasteiger partial charge >= 0.3 is 0 Å². The zero-order valence-corrected chi connectivity index (χ0v) is 20.0. The van der Waals surface area contributed by atoms with Crippen LogP contribution < -0.4 is 0 Å². The van der Waals surface area contributed by atoms with Crippen molar-refractivity contribution in [3.05, 3.63) is 46.5 Å². The molecule has 0 aliphatic heterocycles. The summed E-state index contributed by atoms with van der Waals surface area (Å²) in [6.07, 6.45) is 2.94. The predicted molar refractivity (Wildman–Crippen MR) is 126 cm³/mol. The van der Waals surface area contributed by atoms with Crippen LogP contribution in [-0.2, 0) is 16.6 Å². The van der Waals surface area contributed by atoms with Gasteiger partial charge in [-0.2, -0.15) is 0 Å². The van der Waals surface area contributed by atoms with Crippen LogP contribution >= 0.6 is 11.6 Å². The second-order valence-corrected chi connectivity index (χ2v) is 10.4. The molecular formula is C25H32ClN3O2. The van der Waals surface area contributed by atoms with Gasteiger partial charge < -0.3 is 5.11 Å². The number of Topliss-reactive ketones (excluding diaryl/α,β-unsaturated/α-hetero) is 1. The Kier molecular flexibility index (Phi) is 6.47. The fourth-order valence-corrected chi connectivity index (χ4v) is 4.07. The highest BCUT2D eigenvalue weighted by Gasteiger charge is 2.27. The zero-order chi connectivity index (χ0) is 23.0. The number of ketones is 1. The lowest BCUT2D eigenvalue weighted by atomic mass is 9.80. The largest absolute Gasteiger partial charge is 0.505 e. The minimum atomic E-state index is -0.318. The molecule has 0 aliphatic carbocycles. The topological polar surface area (TPSA) is 68.0 Å². The summed E-state index contributed by atoms with van der Waals surface area (Å²) in [4.78, 5) is 14.2. The van der Waals surface area contributed by atoms with E-state index in [1.165, 1.54) is 4.80 Å². The number of nitrogens with zero attached hydrogens (tertiary/aromatic N) is 3. The van der Waals surface area contributed by atoms with Gasteiger partial charge in [0.05, 0.1) is 0 Å². The van der Waals surface area contributed by atoms with Crippen LogP contribution in [0.25, 0.3) is 16.7 Å². The first-order chi connectivity index (χ1) is 14.4. The van der Waals surface area contributed by atoms with Crippen molar-refractivity contribution in [2.75, 3.05) is 0 Å². The number of fused-ring (bicyclic) bond motifs is 1.